The number of nitrogen functional groups attached to an aromatic ring is 1. The molecule has 0 saturated heterocycles. The van der Waals surface area contributed by atoms with Crippen LogP contribution in [0.25, 0.3) is 0 Å². The minimum Gasteiger partial charge on any atom is -0.381 e. The van der Waals surface area contributed by atoms with E-state index < -0.39 is 0 Å². The SMILES string of the molecule is CCCCCCCSCc1cc(N)no1. The predicted molar refractivity (Wildman–Crippen MR) is 65.8 cm³/mol. The fourth-order valence-corrected chi connectivity index (χ4v) is 2.27. The van der Waals surface area contributed by atoms with Gasteiger partial charge in [-0.05, 0) is 12.2 Å². The fourth-order valence-electron chi connectivity index (χ4n) is 1.38. The van der Waals surface area contributed by atoms with E-state index in [0.29, 0.717) is 5.82 Å². The molecule has 0 aliphatic rings. The Morgan fingerprint density at radius 2 is 2.13 bits per heavy atom. The van der Waals surface area contributed by atoms with Gasteiger partial charge in [-0.1, -0.05) is 37.8 Å². The normalized spacial score (nSPS) is 10.7. The van der Waals surface area contributed by atoms with Crippen LogP contribution >= 0.6 is 11.8 Å². The molecule has 4 heteroatoms. The van der Waals surface area contributed by atoms with E-state index in [-0.39, 0.29) is 0 Å². The summed E-state index contributed by atoms with van der Waals surface area (Å²) in [6, 6.07) is 1.80. The molecule has 1 heterocycles. The van der Waals surface area contributed by atoms with E-state index >= 15 is 0 Å². The molecule has 1 rings (SSSR count). The lowest BCUT2D eigenvalue weighted by Gasteiger charge is -1.99. The van der Waals surface area contributed by atoms with Crippen LogP contribution in [0.4, 0.5) is 5.82 Å². The van der Waals surface area contributed by atoms with E-state index in [1.807, 2.05) is 11.8 Å². The Morgan fingerprint density at radius 3 is 2.80 bits per heavy atom. The van der Waals surface area contributed by atoms with Gasteiger partial charge in [-0.3, -0.25) is 0 Å². The molecule has 3 nitrogen and oxygen atoms in total. The molecule has 0 aliphatic heterocycles. The first-order valence-corrected chi connectivity index (χ1v) is 6.77. The van der Waals surface area contributed by atoms with Crippen LogP contribution in [0, 0.1) is 0 Å². The van der Waals surface area contributed by atoms with E-state index in [0.717, 1.165) is 11.5 Å². The van der Waals surface area contributed by atoms with Gasteiger partial charge < -0.3 is 10.3 Å². The van der Waals surface area contributed by atoms with Crippen LogP contribution in [-0.4, -0.2) is 10.9 Å². The minimum absolute atomic E-state index is 0.480. The summed E-state index contributed by atoms with van der Waals surface area (Å²) in [6.07, 6.45) is 6.69. The Morgan fingerprint density at radius 1 is 1.33 bits per heavy atom. The zero-order valence-corrected chi connectivity index (χ0v) is 10.2. The zero-order valence-electron chi connectivity index (χ0n) is 9.37. The summed E-state index contributed by atoms with van der Waals surface area (Å²) in [5.74, 6) is 3.45. The number of nitrogens with zero attached hydrogens (tertiary/aromatic N) is 1. The van der Waals surface area contributed by atoms with E-state index in [1.54, 1.807) is 6.07 Å². The van der Waals surface area contributed by atoms with Gasteiger partial charge in [0.15, 0.2) is 5.82 Å². The van der Waals surface area contributed by atoms with Gasteiger partial charge in [-0.25, -0.2) is 0 Å². The Kier molecular flexibility index (Phi) is 6.32. The topological polar surface area (TPSA) is 52.0 Å². The van der Waals surface area contributed by atoms with Crippen molar-refractivity contribution in [3.63, 3.8) is 0 Å². The molecule has 2 N–H and O–H groups in total. The second kappa shape index (κ2) is 7.63. The van der Waals surface area contributed by atoms with Gasteiger partial charge in [0.05, 0.1) is 5.75 Å². The molecule has 0 amide bonds. The number of rotatable bonds is 8. The molecule has 0 unspecified atom stereocenters. The summed E-state index contributed by atoms with van der Waals surface area (Å²) in [5.41, 5.74) is 5.45. The Bertz CT molecular complexity index is 263. The van der Waals surface area contributed by atoms with Gasteiger partial charge in [0, 0.05) is 6.07 Å². The molecular weight excluding hydrogens is 208 g/mol. The minimum atomic E-state index is 0.480. The second-order valence-electron chi connectivity index (χ2n) is 3.68. The molecule has 0 bridgehead atoms. The van der Waals surface area contributed by atoms with E-state index in [2.05, 4.69) is 12.1 Å². The molecule has 0 aromatic carbocycles. The maximum atomic E-state index is 5.45. The molecule has 1 aromatic rings. The van der Waals surface area contributed by atoms with Crippen molar-refractivity contribution in [1.29, 1.82) is 0 Å². The molecule has 1 aromatic heterocycles. The highest BCUT2D eigenvalue weighted by molar-refractivity contribution is 7.98. The zero-order chi connectivity index (χ0) is 10.9. The third-order valence-electron chi connectivity index (χ3n) is 2.21. The molecule has 0 atom stereocenters. The lowest BCUT2D eigenvalue weighted by atomic mass is 10.2. The van der Waals surface area contributed by atoms with Crippen molar-refractivity contribution in [1.82, 2.24) is 5.16 Å². The van der Waals surface area contributed by atoms with Crippen LogP contribution < -0.4 is 5.73 Å². The number of hydrogen-bond donors (Lipinski definition) is 1. The lowest BCUT2D eigenvalue weighted by molar-refractivity contribution is 0.398. The highest BCUT2D eigenvalue weighted by atomic mass is 32.2. The summed E-state index contributed by atoms with van der Waals surface area (Å²) < 4.78 is 5.01. The molecule has 0 aliphatic carbocycles. The monoisotopic (exact) mass is 228 g/mol. The second-order valence-corrected chi connectivity index (χ2v) is 4.79. The third kappa shape index (κ3) is 5.72. The van der Waals surface area contributed by atoms with Crippen molar-refractivity contribution in [3.05, 3.63) is 11.8 Å². The molecule has 0 radical (unpaired) electrons. The van der Waals surface area contributed by atoms with Crippen molar-refractivity contribution in [2.45, 2.75) is 44.8 Å². The Labute approximate surface area is 95.8 Å². The van der Waals surface area contributed by atoms with Gasteiger partial charge >= 0.3 is 0 Å². The highest BCUT2D eigenvalue weighted by Crippen LogP contribution is 2.16. The van der Waals surface area contributed by atoms with Crippen LogP contribution in [0.3, 0.4) is 0 Å². The van der Waals surface area contributed by atoms with Crippen molar-refractivity contribution in [2.24, 2.45) is 0 Å². The number of hydrogen-bond acceptors (Lipinski definition) is 4. The van der Waals surface area contributed by atoms with Gasteiger partial charge in [0.25, 0.3) is 0 Å². The average molecular weight is 228 g/mol. The predicted octanol–water partition coefficient (Wildman–Crippen LogP) is 3.46. The summed E-state index contributed by atoms with van der Waals surface area (Å²) in [7, 11) is 0. The first-order chi connectivity index (χ1) is 7.33. The quantitative estimate of drug-likeness (QED) is 0.692. The van der Waals surface area contributed by atoms with E-state index in [9.17, 15) is 0 Å². The Hall–Kier alpha value is -0.640. The summed E-state index contributed by atoms with van der Waals surface area (Å²) >= 11 is 1.89. The highest BCUT2D eigenvalue weighted by Gasteiger charge is 2.00. The third-order valence-corrected chi connectivity index (χ3v) is 3.28. The van der Waals surface area contributed by atoms with Crippen molar-refractivity contribution < 1.29 is 4.52 Å². The average Bonchev–Trinajstić information content (AvgIpc) is 2.63. The first kappa shape index (κ1) is 12.4. The van der Waals surface area contributed by atoms with E-state index in [4.69, 9.17) is 10.3 Å². The fraction of sp³-hybridized carbons (Fsp3) is 0.727. The standard InChI is InChI=1S/C11H20N2OS/c1-2-3-4-5-6-7-15-9-10-8-11(12)13-14-10/h8H,2-7,9H2,1H3,(H2,12,13). The van der Waals surface area contributed by atoms with Crippen LogP contribution in [-0.2, 0) is 5.75 Å². The summed E-state index contributed by atoms with van der Waals surface area (Å²) in [4.78, 5) is 0. The number of aromatic nitrogens is 1. The molecule has 0 fully saturated rings. The van der Waals surface area contributed by atoms with Crippen LogP contribution in [0.15, 0.2) is 10.6 Å². The van der Waals surface area contributed by atoms with Gasteiger partial charge in [0.1, 0.15) is 5.76 Å². The number of thioether (sulfide) groups is 1. The molecule has 0 saturated carbocycles. The number of unbranched alkanes of at least 4 members (excludes halogenated alkanes) is 4. The Balaban J connectivity index is 1.93. The number of anilines is 1. The molecule has 0 spiro atoms. The summed E-state index contributed by atoms with van der Waals surface area (Å²) in [5, 5.41) is 3.65. The molecule has 15 heavy (non-hydrogen) atoms. The van der Waals surface area contributed by atoms with Gasteiger partial charge in [-0.2, -0.15) is 11.8 Å². The molecule has 86 valence electrons. The van der Waals surface area contributed by atoms with Gasteiger partial charge in [0.2, 0.25) is 0 Å². The largest absolute Gasteiger partial charge is 0.381 e. The number of nitrogens with two attached hydrogens (primary N) is 1. The van der Waals surface area contributed by atoms with Crippen molar-refractivity contribution >= 4 is 17.6 Å². The van der Waals surface area contributed by atoms with Crippen LogP contribution in [0.2, 0.25) is 0 Å². The van der Waals surface area contributed by atoms with Crippen LogP contribution in [0.1, 0.15) is 44.8 Å². The van der Waals surface area contributed by atoms with E-state index in [1.165, 1.54) is 37.9 Å². The summed E-state index contributed by atoms with van der Waals surface area (Å²) in [6.45, 7) is 2.24. The van der Waals surface area contributed by atoms with Gasteiger partial charge in [-0.15, -0.1) is 0 Å². The van der Waals surface area contributed by atoms with Crippen LogP contribution in [0.5, 0.6) is 0 Å². The smallest absolute Gasteiger partial charge is 0.167 e. The van der Waals surface area contributed by atoms with Crippen molar-refractivity contribution in [3.8, 4) is 0 Å². The maximum absolute atomic E-state index is 5.45. The maximum Gasteiger partial charge on any atom is 0.167 e. The lowest BCUT2D eigenvalue weighted by Crippen LogP contribution is -1.83. The molecular formula is C11H20N2OS. The first-order valence-electron chi connectivity index (χ1n) is 5.61. The van der Waals surface area contributed by atoms with Crippen molar-refractivity contribution in [2.75, 3.05) is 11.5 Å².